The Hall–Kier alpha value is -0.850. The van der Waals surface area contributed by atoms with Crippen molar-refractivity contribution in [1.82, 2.24) is 10.0 Å². The molecule has 120 valence electrons. The molecule has 1 saturated carbocycles. The average Bonchev–Trinajstić information content (AvgIpc) is 2.80. The second kappa shape index (κ2) is 5.74. The predicted octanol–water partition coefficient (Wildman–Crippen LogP) is 2.78. The largest absolute Gasteiger partial charge is 0.447 e. The smallest absolute Gasteiger partial charge is 0.274 e. The number of furan rings is 1. The Balaban J connectivity index is 2.05. The van der Waals surface area contributed by atoms with Crippen LogP contribution in [0.2, 0.25) is 0 Å². The van der Waals surface area contributed by atoms with E-state index in [0.29, 0.717) is 12.3 Å². The first-order valence-electron chi connectivity index (χ1n) is 7.54. The topological polar surface area (TPSA) is 71.3 Å². The molecule has 0 saturated heterocycles. The second-order valence-electron chi connectivity index (χ2n) is 6.92. The molecule has 0 bridgehead atoms. The van der Waals surface area contributed by atoms with Crippen LogP contribution >= 0.6 is 0 Å². The highest BCUT2D eigenvalue weighted by atomic mass is 32.2. The van der Waals surface area contributed by atoms with E-state index in [4.69, 9.17) is 4.42 Å². The van der Waals surface area contributed by atoms with E-state index in [1.165, 1.54) is 6.07 Å². The van der Waals surface area contributed by atoms with E-state index >= 15 is 0 Å². The van der Waals surface area contributed by atoms with Crippen LogP contribution in [0.25, 0.3) is 0 Å². The Morgan fingerprint density at radius 3 is 2.43 bits per heavy atom. The van der Waals surface area contributed by atoms with Gasteiger partial charge in [0.1, 0.15) is 5.76 Å². The second-order valence-corrected chi connectivity index (χ2v) is 8.53. The quantitative estimate of drug-likeness (QED) is 0.847. The first-order chi connectivity index (χ1) is 9.66. The molecule has 0 radical (unpaired) electrons. The standard InChI is InChI=1S/C15H26N2O3S/c1-5-15(9-6-10-15)17-21(18,19)13-8-7-12(20-13)11-16-14(2,3)4/h7-8,16-17H,5-6,9-11H2,1-4H3. The van der Waals surface area contributed by atoms with E-state index in [1.807, 2.05) is 6.92 Å². The van der Waals surface area contributed by atoms with E-state index in [9.17, 15) is 8.42 Å². The van der Waals surface area contributed by atoms with Crippen LogP contribution < -0.4 is 10.0 Å². The Morgan fingerprint density at radius 1 is 1.29 bits per heavy atom. The summed E-state index contributed by atoms with van der Waals surface area (Å²) in [7, 11) is -3.57. The maximum Gasteiger partial charge on any atom is 0.274 e. The number of nitrogens with one attached hydrogen (secondary N) is 2. The molecule has 1 aromatic heterocycles. The zero-order valence-electron chi connectivity index (χ0n) is 13.3. The Kier molecular flexibility index (Phi) is 4.52. The third-order valence-electron chi connectivity index (χ3n) is 4.03. The zero-order valence-corrected chi connectivity index (χ0v) is 14.1. The molecule has 2 rings (SSSR count). The van der Waals surface area contributed by atoms with E-state index in [1.54, 1.807) is 6.07 Å². The summed E-state index contributed by atoms with van der Waals surface area (Å²) in [6, 6.07) is 3.25. The molecular formula is C15H26N2O3S. The molecule has 6 heteroatoms. The predicted molar refractivity (Wildman–Crippen MR) is 82.5 cm³/mol. The summed E-state index contributed by atoms with van der Waals surface area (Å²) >= 11 is 0. The monoisotopic (exact) mass is 314 g/mol. The van der Waals surface area contributed by atoms with Gasteiger partial charge in [0.25, 0.3) is 10.0 Å². The molecule has 1 aromatic rings. The van der Waals surface area contributed by atoms with Gasteiger partial charge in [0.05, 0.1) is 6.54 Å². The minimum absolute atomic E-state index is 0.00735. The maximum absolute atomic E-state index is 12.4. The van der Waals surface area contributed by atoms with Crippen LogP contribution in [-0.4, -0.2) is 19.5 Å². The van der Waals surface area contributed by atoms with Crippen LogP contribution in [0.5, 0.6) is 0 Å². The zero-order chi connectivity index (χ0) is 15.7. The van der Waals surface area contributed by atoms with Crippen LogP contribution in [-0.2, 0) is 16.6 Å². The molecule has 0 spiro atoms. The summed E-state index contributed by atoms with van der Waals surface area (Å²) in [5.74, 6) is 0.629. The van der Waals surface area contributed by atoms with Gasteiger partial charge in [-0.1, -0.05) is 6.92 Å². The van der Waals surface area contributed by atoms with Gasteiger partial charge in [0.15, 0.2) is 0 Å². The van der Waals surface area contributed by atoms with Crippen molar-refractivity contribution in [2.75, 3.05) is 0 Å². The Morgan fingerprint density at radius 2 is 1.95 bits per heavy atom. The minimum atomic E-state index is -3.57. The minimum Gasteiger partial charge on any atom is -0.447 e. The van der Waals surface area contributed by atoms with Gasteiger partial charge in [-0.05, 0) is 58.6 Å². The van der Waals surface area contributed by atoms with Gasteiger partial charge in [-0.2, -0.15) is 0 Å². The van der Waals surface area contributed by atoms with E-state index in [-0.39, 0.29) is 16.2 Å². The van der Waals surface area contributed by atoms with Crippen molar-refractivity contribution >= 4 is 10.0 Å². The van der Waals surface area contributed by atoms with E-state index < -0.39 is 10.0 Å². The molecule has 0 aliphatic heterocycles. The van der Waals surface area contributed by atoms with Gasteiger partial charge in [-0.15, -0.1) is 0 Å². The normalized spacial score (nSPS) is 18.5. The summed E-state index contributed by atoms with van der Waals surface area (Å²) in [6.45, 7) is 8.69. The van der Waals surface area contributed by atoms with Gasteiger partial charge < -0.3 is 9.73 Å². The van der Waals surface area contributed by atoms with Crippen LogP contribution in [0.1, 0.15) is 59.1 Å². The fourth-order valence-corrected chi connectivity index (χ4v) is 3.90. The van der Waals surface area contributed by atoms with Gasteiger partial charge in [-0.3, -0.25) is 0 Å². The highest BCUT2D eigenvalue weighted by molar-refractivity contribution is 7.89. The van der Waals surface area contributed by atoms with Crippen LogP contribution in [0.4, 0.5) is 0 Å². The van der Waals surface area contributed by atoms with Gasteiger partial charge in [-0.25, -0.2) is 13.1 Å². The number of hydrogen-bond acceptors (Lipinski definition) is 4. The lowest BCUT2D eigenvalue weighted by Gasteiger charge is -2.41. The summed E-state index contributed by atoms with van der Waals surface area (Å²) in [4.78, 5) is 0. The van der Waals surface area contributed by atoms with E-state index in [2.05, 4.69) is 30.8 Å². The highest BCUT2D eigenvalue weighted by Gasteiger charge is 2.39. The highest BCUT2D eigenvalue weighted by Crippen LogP contribution is 2.36. The third kappa shape index (κ3) is 4.08. The lowest BCUT2D eigenvalue weighted by Crippen LogP contribution is -2.52. The molecule has 0 amide bonds. The van der Waals surface area contributed by atoms with Crippen LogP contribution in [0.15, 0.2) is 21.6 Å². The molecule has 0 unspecified atom stereocenters. The van der Waals surface area contributed by atoms with Gasteiger partial charge in [0.2, 0.25) is 5.09 Å². The maximum atomic E-state index is 12.4. The molecule has 5 nitrogen and oxygen atoms in total. The first kappa shape index (κ1) is 16.5. The number of rotatable bonds is 6. The Labute approximate surface area is 127 Å². The molecule has 0 aromatic carbocycles. The van der Waals surface area contributed by atoms with Crippen molar-refractivity contribution in [1.29, 1.82) is 0 Å². The van der Waals surface area contributed by atoms with Crippen LogP contribution in [0, 0.1) is 0 Å². The van der Waals surface area contributed by atoms with Crippen molar-refractivity contribution in [3.8, 4) is 0 Å². The molecule has 0 atom stereocenters. The summed E-state index contributed by atoms with van der Waals surface area (Å²) < 4.78 is 33.1. The van der Waals surface area contributed by atoms with Gasteiger partial charge >= 0.3 is 0 Å². The van der Waals surface area contributed by atoms with E-state index in [0.717, 1.165) is 25.7 Å². The lowest BCUT2D eigenvalue weighted by molar-refractivity contribution is 0.212. The molecule has 1 heterocycles. The van der Waals surface area contributed by atoms with Crippen molar-refractivity contribution in [2.24, 2.45) is 0 Å². The number of hydrogen-bond donors (Lipinski definition) is 2. The molecule has 21 heavy (non-hydrogen) atoms. The van der Waals surface area contributed by atoms with Gasteiger partial charge in [0, 0.05) is 11.1 Å². The summed E-state index contributed by atoms with van der Waals surface area (Å²) in [5, 5.41) is 3.28. The van der Waals surface area contributed by atoms with Crippen LogP contribution in [0.3, 0.4) is 0 Å². The fourth-order valence-electron chi connectivity index (χ4n) is 2.42. The van der Waals surface area contributed by atoms with Crippen molar-refractivity contribution < 1.29 is 12.8 Å². The van der Waals surface area contributed by atoms with Crippen molar-refractivity contribution in [3.63, 3.8) is 0 Å². The van der Waals surface area contributed by atoms with Crippen molar-refractivity contribution in [2.45, 2.75) is 76.1 Å². The average molecular weight is 314 g/mol. The SMILES string of the molecule is CCC1(NS(=O)(=O)c2ccc(CNC(C)(C)C)o2)CCC1. The molecule has 1 fully saturated rings. The third-order valence-corrected chi connectivity index (χ3v) is 5.48. The number of sulfonamides is 1. The molecule has 1 aliphatic rings. The van der Waals surface area contributed by atoms with Crippen molar-refractivity contribution in [3.05, 3.63) is 17.9 Å². The Bertz CT molecular complexity index is 575. The summed E-state index contributed by atoms with van der Waals surface area (Å²) in [6.07, 6.45) is 3.70. The summed E-state index contributed by atoms with van der Waals surface area (Å²) in [5.41, 5.74) is -0.308. The molecular weight excluding hydrogens is 288 g/mol. The lowest BCUT2D eigenvalue weighted by atomic mass is 9.76. The first-order valence-corrected chi connectivity index (χ1v) is 9.02. The fraction of sp³-hybridized carbons (Fsp3) is 0.733. The molecule has 1 aliphatic carbocycles. The molecule has 2 N–H and O–H groups in total.